The van der Waals surface area contributed by atoms with E-state index in [1.807, 2.05) is 13.8 Å². The zero-order chi connectivity index (χ0) is 16.6. The Bertz CT molecular complexity index is 696. The van der Waals surface area contributed by atoms with Crippen molar-refractivity contribution in [2.45, 2.75) is 44.3 Å². The zero-order valence-corrected chi connectivity index (χ0v) is 13.5. The molecule has 3 heterocycles. The molecule has 0 radical (unpaired) electrons. The summed E-state index contributed by atoms with van der Waals surface area (Å²) >= 11 is 0. The third kappa shape index (κ3) is 2.43. The van der Waals surface area contributed by atoms with Gasteiger partial charge in [0.15, 0.2) is 6.23 Å². The lowest BCUT2D eigenvalue weighted by molar-refractivity contribution is -0.176. The predicted octanol–water partition coefficient (Wildman–Crippen LogP) is 0.688. The van der Waals surface area contributed by atoms with Crippen molar-refractivity contribution in [3.05, 3.63) is 22.2 Å². The molecule has 0 aromatic carbocycles. The lowest BCUT2D eigenvalue weighted by atomic mass is 9.96. The fourth-order valence-corrected chi connectivity index (χ4v) is 3.33. The quantitative estimate of drug-likeness (QED) is 0.805. The highest BCUT2D eigenvalue weighted by Gasteiger charge is 2.62. The molecule has 0 amide bonds. The molecule has 1 aromatic heterocycles. The highest BCUT2D eigenvalue weighted by atomic mass is 16.7. The topological polar surface area (TPSA) is 74.6 Å². The summed E-state index contributed by atoms with van der Waals surface area (Å²) < 4.78 is 19.3. The molecule has 2 aliphatic heterocycles. The van der Waals surface area contributed by atoms with Gasteiger partial charge in [0.2, 0.25) is 0 Å². The summed E-state index contributed by atoms with van der Waals surface area (Å²) in [6.45, 7) is 4.52. The minimum atomic E-state index is -0.568. The van der Waals surface area contributed by atoms with E-state index in [4.69, 9.17) is 20.6 Å². The van der Waals surface area contributed by atoms with Gasteiger partial charge in [0, 0.05) is 18.8 Å². The van der Waals surface area contributed by atoms with Crippen LogP contribution in [0, 0.1) is 19.3 Å². The van der Waals surface area contributed by atoms with Crippen LogP contribution >= 0.6 is 0 Å². The van der Waals surface area contributed by atoms with Gasteiger partial charge < -0.3 is 19.5 Å². The minimum absolute atomic E-state index is 0.188. The summed E-state index contributed by atoms with van der Waals surface area (Å²) in [5, 5.41) is 2.90. The first-order chi connectivity index (χ1) is 11.1. The van der Waals surface area contributed by atoms with Crippen LogP contribution in [0.15, 0.2) is 11.0 Å². The van der Waals surface area contributed by atoms with Crippen molar-refractivity contribution in [2.75, 3.05) is 25.6 Å². The van der Waals surface area contributed by atoms with Gasteiger partial charge in [-0.1, -0.05) is 12.8 Å². The molecule has 0 spiro atoms. The summed E-state index contributed by atoms with van der Waals surface area (Å²) in [5.41, 5.74) is -0.102. The molecule has 0 aliphatic carbocycles. The molecule has 4 atom stereocenters. The van der Waals surface area contributed by atoms with E-state index in [-0.39, 0.29) is 24.5 Å². The molecule has 7 nitrogen and oxygen atoms in total. The molecule has 1 N–H and O–H groups in total. The molecule has 1 unspecified atom stereocenters. The number of aryl methyl sites for hydroxylation is 1. The Morgan fingerprint density at radius 3 is 3.09 bits per heavy atom. The number of rotatable bonds is 5. The van der Waals surface area contributed by atoms with Gasteiger partial charge >= 0.3 is 5.69 Å². The first-order valence-electron chi connectivity index (χ1n) is 7.68. The molecule has 3 rings (SSSR count). The van der Waals surface area contributed by atoms with Gasteiger partial charge in [0.25, 0.3) is 0 Å². The van der Waals surface area contributed by atoms with Crippen molar-refractivity contribution < 1.29 is 14.2 Å². The molecule has 0 saturated carbocycles. The van der Waals surface area contributed by atoms with Crippen molar-refractivity contribution in [1.29, 1.82) is 0 Å². The molecule has 23 heavy (non-hydrogen) atoms. The maximum Gasteiger partial charge on any atom is 0.351 e. The highest BCUT2D eigenvalue weighted by Crippen LogP contribution is 2.47. The third-order valence-corrected chi connectivity index (χ3v) is 4.56. The summed E-state index contributed by atoms with van der Waals surface area (Å²) in [6, 6.07) is 0. The van der Waals surface area contributed by atoms with Gasteiger partial charge in [-0.2, -0.15) is 4.98 Å². The van der Waals surface area contributed by atoms with E-state index in [1.165, 1.54) is 4.57 Å². The van der Waals surface area contributed by atoms with Gasteiger partial charge in [-0.25, -0.2) is 4.79 Å². The third-order valence-electron chi connectivity index (χ3n) is 4.56. The van der Waals surface area contributed by atoms with Crippen LogP contribution in [-0.2, 0) is 14.2 Å². The monoisotopic (exact) mass is 319 g/mol. The van der Waals surface area contributed by atoms with E-state index >= 15 is 0 Å². The Labute approximate surface area is 134 Å². The van der Waals surface area contributed by atoms with E-state index in [1.54, 1.807) is 13.2 Å². The van der Waals surface area contributed by atoms with Crippen molar-refractivity contribution in [1.82, 2.24) is 9.55 Å². The van der Waals surface area contributed by atoms with Crippen LogP contribution in [-0.4, -0.2) is 47.6 Å². The number of anilines is 1. The summed E-state index contributed by atoms with van der Waals surface area (Å²) in [6.07, 6.45) is 6.52. The fraction of sp³-hybridized carbons (Fsp3) is 0.625. The number of nitrogens with one attached hydrogen (secondary N) is 1. The Hall–Kier alpha value is -1.88. The SMILES string of the molecule is C#CCOC1[C@@H]2OC[C@]1(CC)O[C@H]2n1cc(C)c(NC)nc1=O. The minimum Gasteiger partial charge on any atom is -0.373 e. The van der Waals surface area contributed by atoms with Crippen molar-refractivity contribution in [3.8, 4) is 12.3 Å². The van der Waals surface area contributed by atoms with Crippen LogP contribution < -0.4 is 11.0 Å². The van der Waals surface area contributed by atoms with Crippen LogP contribution in [0.3, 0.4) is 0 Å². The molecule has 2 bridgehead atoms. The van der Waals surface area contributed by atoms with Crippen LogP contribution in [0.2, 0.25) is 0 Å². The standard InChI is InChI=1S/C16H21N3O4/c1-5-7-21-12-11-14(23-16(12,6-2)9-22-11)19-8-10(3)13(17-4)18-15(19)20/h1,8,11-12,14H,6-7,9H2,2-4H3,(H,17,18,20)/t11-,12?,14+,16-/m0/s1. The molecule has 7 heteroatoms. The summed E-state index contributed by atoms with van der Waals surface area (Å²) in [7, 11) is 1.73. The van der Waals surface area contributed by atoms with Crippen LogP contribution in [0.4, 0.5) is 5.82 Å². The lowest BCUT2D eigenvalue weighted by Crippen LogP contribution is -2.41. The van der Waals surface area contributed by atoms with E-state index in [0.29, 0.717) is 18.8 Å². The van der Waals surface area contributed by atoms with E-state index in [0.717, 1.165) is 5.56 Å². The number of fused-ring (bicyclic) bond motifs is 2. The molecule has 1 aromatic rings. The normalized spacial score (nSPS) is 32.0. The highest BCUT2D eigenvalue weighted by molar-refractivity contribution is 5.40. The number of aromatic nitrogens is 2. The first-order valence-corrected chi connectivity index (χ1v) is 7.68. The van der Waals surface area contributed by atoms with Crippen molar-refractivity contribution in [2.24, 2.45) is 0 Å². The summed E-state index contributed by atoms with van der Waals surface area (Å²) in [5.74, 6) is 3.03. The maximum atomic E-state index is 12.3. The molecule has 124 valence electrons. The van der Waals surface area contributed by atoms with Crippen molar-refractivity contribution in [3.63, 3.8) is 0 Å². The number of terminal acetylenes is 1. The number of hydrogen-bond acceptors (Lipinski definition) is 6. The lowest BCUT2D eigenvalue weighted by Gasteiger charge is -2.30. The predicted molar refractivity (Wildman–Crippen MR) is 84.2 cm³/mol. The Morgan fingerprint density at radius 2 is 2.43 bits per heavy atom. The second kappa shape index (κ2) is 5.96. The number of ether oxygens (including phenoxy) is 3. The van der Waals surface area contributed by atoms with Gasteiger partial charge in [0.05, 0.1) is 6.61 Å². The van der Waals surface area contributed by atoms with E-state index in [2.05, 4.69) is 16.2 Å². The maximum absolute atomic E-state index is 12.3. The van der Waals surface area contributed by atoms with Gasteiger partial charge in [-0.3, -0.25) is 4.57 Å². The Morgan fingerprint density at radius 1 is 1.65 bits per heavy atom. The summed E-state index contributed by atoms with van der Waals surface area (Å²) in [4.78, 5) is 16.4. The van der Waals surface area contributed by atoms with E-state index in [9.17, 15) is 4.79 Å². The fourth-order valence-electron chi connectivity index (χ4n) is 3.33. The number of hydrogen-bond donors (Lipinski definition) is 1. The van der Waals surface area contributed by atoms with Crippen LogP contribution in [0.25, 0.3) is 0 Å². The number of nitrogens with zero attached hydrogens (tertiary/aromatic N) is 2. The smallest absolute Gasteiger partial charge is 0.351 e. The first kappa shape index (κ1) is 16.0. The molecular formula is C16H21N3O4. The van der Waals surface area contributed by atoms with Gasteiger partial charge in [-0.15, -0.1) is 6.42 Å². The zero-order valence-electron chi connectivity index (χ0n) is 13.5. The van der Waals surface area contributed by atoms with Crippen LogP contribution in [0.1, 0.15) is 25.1 Å². The molecule has 2 saturated heterocycles. The largest absolute Gasteiger partial charge is 0.373 e. The second-order valence-electron chi connectivity index (χ2n) is 5.85. The van der Waals surface area contributed by atoms with Gasteiger partial charge in [-0.05, 0) is 13.3 Å². The molecule has 2 fully saturated rings. The van der Waals surface area contributed by atoms with E-state index < -0.39 is 11.8 Å². The second-order valence-corrected chi connectivity index (χ2v) is 5.85. The van der Waals surface area contributed by atoms with Crippen LogP contribution in [0.5, 0.6) is 0 Å². The molecule has 2 aliphatic rings. The van der Waals surface area contributed by atoms with Gasteiger partial charge in [0.1, 0.15) is 30.2 Å². The Kier molecular flexibility index (Phi) is 4.15. The average molecular weight is 319 g/mol. The molecular weight excluding hydrogens is 298 g/mol. The average Bonchev–Trinajstić information content (AvgIpc) is 3.07. The van der Waals surface area contributed by atoms with Crippen molar-refractivity contribution >= 4 is 5.82 Å². The Balaban J connectivity index is 1.96.